The number of anilines is 1. The van der Waals surface area contributed by atoms with Crippen LogP contribution in [0.2, 0.25) is 0 Å². The van der Waals surface area contributed by atoms with Crippen molar-refractivity contribution in [2.24, 2.45) is 0 Å². The number of nitrogens with one attached hydrogen (secondary N) is 1. The normalized spacial score (nSPS) is 23.6. The number of piperazine rings is 1. The zero-order chi connectivity index (χ0) is 20.6. The molecule has 1 N–H and O–H groups in total. The van der Waals surface area contributed by atoms with Crippen molar-refractivity contribution in [2.75, 3.05) is 31.1 Å². The number of carbonyl (C=O) groups excluding carboxylic acids is 1. The van der Waals surface area contributed by atoms with Crippen molar-refractivity contribution in [1.29, 1.82) is 5.26 Å². The standard InChI is InChI=1S/C22H28N6O/c1-16-12-26(18(11-24-16)13-27-8-4-7-25-27)14-21(29)28-15-22(2,3)19-6-5-17(10-23)9-20(19)28/h4-9,16,18,24H,11-15H2,1-3H3/t16-,18-/m1/s1. The van der Waals surface area contributed by atoms with Gasteiger partial charge in [-0.3, -0.25) is 14.4 Å². The molecule has 0 saturated carbocycles. The Hall–Kier alpha value is -2.69. The molecule has 0 bridgehead atoms. The highest BCUT2D eigenvalue weighted by Crippen LogP contribution is 2.41. The van der Waals surface area contributed by atoms with Crippen LogP contribution in [-0.2, 0) is 16.8 Å². The lowest BCUT2D eigenvalue weighted by molar-refractivity contribution is -0.120. The van der Waals surface area contributed by atoms with E-state index in [9.17, 15) is 10.1 Å². The van der Waals surface area contributed by atoms with Crippen molar-refractivity contribution in [3.05, 3.63) is 47.8 Å². The van der Waals surface area contributed by atoms with Crippen LogP contribution in [0.3, 0.4) is 0 Å². The molecule has 7 heteroatoms. The molecular formula is C22H28N6O. The van der Waals surface area contributed by atoms with Crippen LogP contribution in [0.15, 0.2) is 36.7 Å². The average Bonchev–Trinajstić information content (AvgIpc) is 3.29. The van der Waals surface area contributed by atoms with Crippen LogP contribution in [0, 0.1) is 11.3 Å². The maximum Gasteiger partial charge on any atom is 0.241 e. The van der Waals surface area contributed by atoms with Gasteiger partial charge in [0.15, 0.2) is 0 Å². The predicted molar refractivity (Wildman–Crippen MR) is 112 cm³/mol. The van der Waals surface area contributed by atoms with Gasteiger partial charge in [0.2, 0.25) is 5.91 Å². The van der Waals surface area contributed by atoms with Crippen LogP contribution in [0.4, 0.5) is 5.69 Å². The predicted octanol–water partition coefficient (Wildman–Crippen LogP) is 1.74. The molecule has 2 atom stereocenters. The van der Waals surface area contributed by atoms with E-state index in [1.165, 1.54) is 0 Å². The van der Waals surface area contributed by atoms with E-state index in [0.29, 0.717) is 24.7 Å². The van der Waals surface area contributed by atoms with Crippen molar-refractivity contribution in [3.8, 4) is 6.07 Å². The summed E-state index contributed by atoms with van der Waals surface area (Å²) in [6.45, 7) is 9.85. The van der Waals surface area contributed by atoms with Gasteiger partial charge in [0.1, 0.15) is 0 Å². The quantitative estimate of drug-likeness (QED) is 0.858. The number of benzene rings is 1. The molecular weight excluding hydrogens is 364 g/mol. The van der Waals surface area contributed by atoms with Crippen molar-refractivity contribution < 1.29 is 4.79 Å². The van der Waals surface area contributed by atoms with Gasteiger partial charge < -0.3 is 10.2 Å². The van der Waals surface area contributed by atoms with E-state index in [0.717, 1.165) is 30.9 Å². The fourth-order valence-corrected chi connectivity index (χ4v) is 4.47. The molecule has 1 aromatic carbocycles. The first-order valence-corrected chi connectivity index (χ1v) is 10.2. The van der Waals surface area contributed by atoms with Crippen LogP contribution >= 0.6 is 0 Å². The number of nitrogens with zero attached hydrogens (tertiary/aromatic N) is 5. The zero-order valence-corrected chi connectivity index (χ0v) is 17.3. The highest BCUT2D eigenvalue weighted by molar-refractivity contribution is 5.97. The lowest BCUT2D eigenvalue weighted by Crippen LogP contribution is -2.59. The Morgan fingerprint density at radius 1 is 1.41 bits per heavy atom. The summed E-state index contributed by atoms with van der Waals surface area (Å²) in [6, 6.07) is 10.3. The number of hydrogen-bond donors (Lipinski definition) is 1. The first-order valence-electron chi connectivity index (χ1n) is 10.2. The third-order valence-electron chi connectivity index (χ3n) is 6.02. The Labute approximate surface area is 171 Å². The Morgan fingerprint density at radius 3 is 2.97 bits per heavy atom. The summed E-state index contributed by atoms with van der Waals surface area (Å²) in [5.74, 6) is 0.0893. The molecule has 2 aliphatic heterocycles. The number of rotatable bonds is 4. The number of nitriles is 1. The first kappa shape index (κ1) is 19.6. The minimum absolute atomic E-state index is 0.0893. The monoisotopic (exact) mass is 392 g/mol. The van der Waals surface area contributed by atoms with Gasteiger partial charge in [0.25, 0.3) is 0 Å². The van der Waals surface area contributed by atoms with Crippen LogP contribution in [-0.4, -0.2) is 58.9 Å². The van der Waals surface area contributed by atoms with Gasteiger partial charge in [-0.2, -0.15) is 10.4 Å². The number of hydrogen-bond acceptors (Lipinski definition) is 5. The van der Waals surface area contributed by atoms with E-state index in [1.54, 1.807) is 6.20 Å². The van der Waals surface area contributed by atoms with Gasteiger partial charge in [-0.25, -0.2) is 0 Å². The maximum absolute atomic E-state index is 13.4. The smallest absolute Gasteiger partial charge is 0.241 e. The molecule has 2 aromatic rings. The molecule has 4 rings (SSSR count). The first-order chi connectivity index (χ1) is 13.9. The Kier molecular flexibility index (Phi) is 5.15. The van der Waals surface area contributed by atoms with E-state index >= 15 is 0 Å². The van der Waals surface area contributed by atoms with Crippen molar-refractivity contribution in [1.82, 2.24) is 20.0 Å². The second-order valence-corrected chi connectivity index (χ2v) is 8.83. The number of fused-ring (bicyclic) bond motifs is 1. The lowest BCUT2D eigenvalue weighted by Gasteiger charge is -2.39. The van der Waals surface area contributed by atoms with Crippen molar-refractivity contribution in [2.45, 2.75) is 44.8 Å². The molecule has 2 aliphatic rings. The molecule has 7 nitrogen and oxygen atoms in total. The highest BCUT2D eigenvalue weighted by atomic mass is 16.2. The summed E-state index contributed by atoms with van der Waals surface area (Å²) in [5, 5.41) is 17.1. The lowest BCUT2D eigenvalue weighted by atomic mass is 9.87. The molecule has 0 spiro atoms. The van der Waals surface area contributed by atoms with Gasteiger partial charge in [0.05, 0.1) is 24.7 Å². The van der Waals surface area contributed by atoms with Crippen molar-refractivity contribution in [3.63, 3.8) is 0 Å². The molecule has 3 heterocycles. The zero-order valence-electron chi connectivity index (χ0n) is 17.3. The number of carbonyl (C=O) groups is 1. The van der Waals surface area contributed by atoms with Crippen LogP contribution in [0.1, 0.15) is 31.9 Å². The summed E-state index contributed by atoms with van der Waals surface area (Å²) in [6.07, 6.45) is 3.74. The van der Waals surface area contributed by atoms with E-state index < -0.39 is 0 Å². The molecule has 0 radical (unpaired) electrons. The third-order valence-corrected chi connectivity index (χ3v) is 6.02. The van der Waals surface area contributed by atoms with Crippen molar-refractivity contribution >= 4 is 11.6 Å². The third kappa shape index (κ3) is 3.91. The second-order valence-electron chi connectivity index (χ2n) is 8.83. The topological polar surface area (TPSA) is 77.2 Å². The van der Waals surface area contributed by atoms with E-state index in [1.807, 2.05) is 40.0 Å². The minimum atomic E-state index is -0.121. The molecule has 0 unspecified atom stereocenters. The van der Waals surface area contributed by atoms with Gasteiger partial charge in [-0.1, -0.05) is 19.9 Å². The summed E-state index contributed by atoms with van der Waals surface area (Å²) in [7, 11) is 0. The summed E-state index contributed by atoms with van der Waals surface area (Å²) in [5.41, 5.74) is 2.48. The summed E-state index contributed by atoms with van der Waals surface area (Å²) < 4.78 is 1.92. The van der Waals surface area contributed by atoms with E-state index in [-0.39, 0.29) is 17.4 Å². The van der Waals surface area contributed by atoms with E-state index in [2.05, 4.69) is 42.2 Å². The number of aromatic nitrogens is 2. The number of amides is 1. The average molecular weight is 393 g/mol. The van der Waals surface area contributed by atoms with Gasteiger partial charge >= 0.3 is 0 Å². The minimum Gasteiger partial charge on any atom is -0.311 e. The fourth-order valence-electron chi connectivity index (χ4n) is 4.47. The molecule has 1 saturated heterocycles. The second kappa shape index (κ2) is 7.62. The molecule has 1 fully saturated rings. The van der Waals surface area contributed by atoms with Crippen LogP contribution < -0.4 is 10.2 Å². The molecule has 0 aliphatic carbocycles. The molecule has 1 amide bonds. The van der Waals surface area contributed by atoms with E-state index in [4.69, 9.17) is 0 Å². The van der Waals surface area contributed by atoms with Crippen LogP contribution in [0.25, 0.3) is 0 Å². The molecule has 1 aromatic heterocycles. The summed E-state index contributed by atoms with van der Waals surface area (Å²) >= 11 is 0. The summed E-state index contributed by atoms with van der Waals surface area (Å²) in [4.78, 5) is 17.5. The highest BCUT2D eigenvalue weighted by Gasteiger charge is 2.39. The fraction of sp³-hybridized carbons (Fsp3) is 0.500. The Bertz CT molecular complexity index is 929. The largest absolute Gasteiger partial charge is 0.311 e. The maximum atomic E-state index is 13.4. The van der Waals surface area contributed by atoms with Gasteiger partial charge in [-0.05, 0) is 30.7 Å². The molecule has 29 heavy (non-hydrogen) atoms. The SMILES string of the molecule is C[C@@H]1CN(CC(=O)N2CC(C)(C)c3ccc(C#N)cc32)[C@@H](Cn2cccn2)CN1. The van der Waals surface area contributed by atoms with Gasteiger partial charge in [0, 0.05) is 55.2 Å². The molecule has 152 valence electrons. The Balaban J connectivity index is 1.54. The Morgan fingerprint density at radius 2 is 2.24 bits per heavy atom. The van der Waals surface area contributed by atoms with Crippen LogP contribution in [0.5, 0.6) is 0 Å². The van der Waals surface area contributed by atoms with Gasteiger partial charge in [-0.15, -0.1) is 0 Å².